The van der Waals surface area contributed by atoms with Crippen LogP contribution in [0.2, 0.25) is 0 Å². The van der Waals surface area contributed by atoms with Crippen LogP contribution in [-0.2, 0) is 5.54 Å². The molecule has 1 nitrogen and oxygen atoms in total. The molecule has 1 aliphatic rings. The Morgan fingerprint density at radius 3 is 2.53 bits per heavy atom. The minimum Gasteiger partial charge on any atom is -0.299 e. The van der Waals surface area contributed by atoms with Crippen molar-refractivity contribution in [3.63, 3.8) is 0 Å². The van der Waals surface area contributed by atoms with Gasteiger partial charge < -0.3 is 0 Å². The fourth-order valence-corrected chi connectivity index (χ4v) is 2.48. The highest BCUT2D eigenvalue weighted by molar-refractivity contribution is 14.0. The monoisotopic (exact) mass is 341 g/mol. The second kappa shape index (κ2) is 5.88. The van der Waals surface area contributed by atoms with Crippen molar-refractivity contribution < 1.29 is 0 Å². The molecule has 1 aromatic rings. The Hall–Kier alpha value is -0.530. The van der Waals surface area contributed by atoms with E-state index < -0.39 is 0 Å². The van der Waals surface area contributed by atoms with Gasteiger partial charge in [-0.15, -0.1) is 35.8 Å². The molecule has 0 heterocycles. The molecule has 1 atom stereocenters. The van der Waals surface area contributed by atoms with Crippen LogP contribution >= 0.6 is 24.0 Å². The van der Waals surface area contributed by atoms with E-state index in [0.717, 1.165) is 19.3 Å². The van der Waals surface area contributed by atoms with Gasteiger partial charge in [0.25, 0.3) is 0 Å². The van der Waals surface area contributed by atoms with Crippen molar-refractivity contribution in [2.45, 2.75) is 31.7 Å². The van der Waals surface area contributed by atoms with Crippen LogP contribution in [0.25, 0.3) is 0 Å². The van der Waals surface area contributed by atoms with Gasteiger partial charge in [-0.2, -0.15) is 0 Å². The molecule has 0 spiro atoms. The molecule has 2 heteroatoms. The zero-order chi connectivity index (χ0) is 11.6. The van der Waals surface area contributed by atoms with E-state index in [2.05, 4.69) is 62.0 Å². The zero-order valence-corrected chi connectivity index (χ0v) is 13.1. The smallest absolute Gasteiger partial charge is 0.0574 e. The van der Waals surface area contributed by atoms with E-state index in [9.17, 15) is 0 Å². The molecule has 17 heavy (non-hydrogen) atoms. The number of hydrogen-bond acceptors (Lipinski definition) is 1. The molecule has 0 saturated heterocycles. The standard InChI is InChI=1S/C15H19N.HI/c1-13-8-7-9-14(12-13)15(16(2)3)10-5-4-6-11-15;/h7-9,12H,5,10-11H2,1-3H3;1H. The molecule has 1 aliphatic carbocycles. The van der Waals surface area contributed by atoms with E-state index in [4.69, 9.17) is 0 Å². The Labute approximate surface area is 122 Å². The van der Waals surface area contributed by atoms with Crippen LogP contribution in [0.4, 0.5) is 0 Å². The van der Waals surface area contributed by atoms with E-state index in [-0.39, 0.29) is 29.5 Å². The van der Waals surface area contributed by atoms with Gasteiger partial charge in [0.15, 0.2) is 0 Å². The van der Waals surface area contributed by atoms with E-state index in [1.54, 1.807) is 0 Å². The molecule has 0 radical (unpaired) electrons. The van der Waals surface area contributed by atoms with Crippen molar-refractivity contribution in [3.8, 4) is 11.8 Å². The average molecular weight is 341 g/mol. The Morgan fingerprint density at radius 1 is 1.24 bits per heavy atom. The van der Waals surface area contributed by atoms with Gasteiger partial charge in [0.05, 0.1) is 5.54 Å². The van der Waals surface area contributed by atoms with E-state index >= 15 is 0 Å². The first-order chi connectivity index (χ1) is 7.65. The topological polar surface area (TPSA) is 3.24 Å². The van der Waals surface area contributed by atoms with Crippen molar-refractivity contribution in [2.24, 2.45) is 0 Å². The zero-order valence-electron chi connectivity index (χ0n) is 10.8. The molecule has 0 saturated carbocycles. The number of nitrogens with zero attached hydrogens (tertiary/aromatic N) is 1. The minimum absolute atomic E-state index is 0. The van der Waals surface area contributed by atoms with Gasteiger partial charge in [-0.05, 0) is 33.0 Å². The van der Waals surface area contributed by atoms with Crippen LogP contribution in [0, 0.1) is 18.8 Å². The quantitative estimate of drug-likeness (QED) is 0.587. The summed E-state index contributed by atoms with van der Waals surface area (Å²) in [5.41, 5.74) is 2.86. The SMILES string of the molecule is Cc1cccc(C2(N(C)C)CC#CCC2)c1.I. The number of halogens is 1. The molecule has 0 aromatic heterocycles. The van der Waals surface area contributed by atoms with Crippen LogP contribution in [0.3, 0.4) is 0 Å². The van der Waals surface area contributed by atoms with Crippen molar-refractivity contribution in [2.75, 3.05) is 14.1 Å². The Morgan fingerprint density at radius 2 is 2.00 bits per heavy atom. The van der Waals surface area contributed by atoms with Crippen molar-refractivity contribution in [3.05, 3.63) is 35.4 Å². The van der Waals surface area contributed by atoms with Gasteiger partial charge in [-0.3, -0.25) is 4.90 Å². The van der Waals surface area contributed by atoms with Crippen LogP contribution in [0.5, 0.6) is 0 Å². The summed E-state index contributed by atoms with van der Waals surface area (Å²) in [5, 5.41) is 0. The summed E-state index contributed by atoms with van der Waals surface area (Å²) in [6.45, 7) is 2.15. The summed E-state index contributed by atoms with van der Waals surface area (Å²) >= 11 is 0. The van der Waals surface area contributed by atoms with E-state index in [0.29, 0.717) is 0 Å². The first-order valence-electron chi connectivity index (χ1n) is 5.85. The predicted octanol–water partition coefficient (Wildman–Crippen LogP) is 3.56. The molecule has 0 N–H and O–H groups in total. The van der Waals surface area contributed by atoms with Gasteiger partial charge in [0, 0.05) is 12.8 Å². The highest BCUT2D eigenvalue weighted by Gasteiger charge is 2.34. The third kappa shape index (κ3) is 2.83. The lowest BCUT2D eigenvalue weighted by Crippen LogP contribution is -2.42. The summed E-state index contributed by atoms with van der Waals surface area (Å²) in [6, 6.07) is 8.84. The molecule has 0 amide bonds. The normalized spacial score (nSPS) is 22.6. The highest BCUT2D eigenvalue weighted by atomic mass is 127. The number of benzene rings is 1. The summed E-state index contributed by atoms with van der Waals surface area (Å²) in [5.74, 6) is 6.49. The number of aryl methyl sites for hydroxylation is 1. The molecule has 1 aromatic carbocycles. The molecule has 0 fully saturated rings. The summed E-state index contributed by atoms with van der Waals surface area (Å²) in [4.78, 5) is 2.33. The fourth-order valence-electron chi connectivity index (χ4n) is 2.48. The summed E-state index contributed by atoms with van der Waals surface area (Å²) in [7, 11) is 4.32. The second-order valence-electron chi connectivity index (χ2n) is 4.83. The lowest BCUT2D eigenvalue weighted by molar-refractivity contribution is 0.142. The maximum atomic E-state index is 3.28. The second-order valence-corrected chi connectivity index (χ2v) is 4.83. The van der Waals surface area contributed by atoms with Gasteiger partial charge in [0.1, 0.15) is 0 Å². The largest absolute Gasteiger partial charge is 0.299 e. The molecular formula is C15H20IN. The van der Waals surface area contributed by atoms with Gasteiger partial charge in [0.2, 0.25) is 0 Å². The molecule has 0 bridgehead atoms. The predicted molar refractivity (Wildman–Crippen MR) is 83.6 cm³/mol. The first-order valence-corrected chi connectivity index (χ1v) is 5.85. The average Bonchev–Trinajstić information content (AvgIpc) is 2.30. The van der Waals surface area contributed by atoms with E-state index in [1.165, 1.54) is 11.1 Å². The van der Waals surface area contributed by atoms with Crippen molar-refractivity contribution >= 4 is 24.0 Å². The summed E-state index contributed by atoms with van der Waals surface area (Å²) < 4.78 is 0. The minimum atomic E-state index is 0. The Kier molecular flexibility index (Phi) is 5.03. The number of hydrogen-bond donors (Lipinski definition) is 0. The molecule has 0 aliphatic heterocycles. The van der Waals surface area contributed by atoms with Crippen LogP contribution in [-0.4, -0.2) is 19.0 Å². The van der Waals surface area contributed by atoms with Gasteiger partial charge in [-0.25, -0.2) is 0 Å². The Balaban J connectivity index is 0.00000144. The van der Waals surface area contributed by atoms with E-state index in [1.807, 2.05) is 0 Å². The fraction of sp³-hybridized carbons (Fsp3) is 0.467. The highest BCUT2D eigenvalue weighted by Crippen LogP contribution is 2.36. The van der Waals surface area contributed by atoms with Gasteiger partial charge >= 0.3 is 0 Å². The van der Waals surface area contributed by atoms with Crippen molar-refractivity contribution in [1.29, 1.82) is 0 Å². The lowest BCUT2D eigenvalue weighted by Gasteiger charge is -2.40. The maximum Gasteiger partial charge on any atom is 0.0574 e. The molecule has 2 rings (SSSR count). The molecule has 1 unspecified atom stereocenters. The third-order valence-corrected chi connectivity index (χ3v) is 3.58. The molecular weight excluding hydrogens is 321 g/mol. The van der Waals surface area contributed by atoms with Crippen molar-refractivity contribution in [1.82, 2.24) is 4.90 Å². The lowest BCUT2D eigenvalue weighted by atomic mass is 9.79. The Bertz CT molecular complexity index is 442. The van der Waals surface area contributed by atoms with Crippen LogP contribution in [0.15, 0.2) is 24.3 Å². The van der Waals surface area contributed by atoms with Gasteiger partial charge in [-0.1, -0.05) is 29.8 Å². The maximum absolute atomic E-state index is 3.28. The molecule has 92 valence electrons. The van der Waals surface area contributed by atoms with Crippen LogP contribution < -0.4 is 0 Å². The third-order valence-electron chi connectivity index (χ3n) is 3.58. The first kappa shape index (κ1) is 14.5. The van der Waals surface area contributed by atoms with Crippen LogP contribution in [0.1, 0.15) is 30.4 Å². The summed E-state index contributed by atoms with van der Waals surface area (Å²) in [6.07, 6.45) is 3.09. The number of rotatable bonds is 2.